The second-order valence-corrected chi connectivity index (χ2v) is 6.26. The molecule has 7 heteroatoms. The van der Waals surface area contributed by atoms with E-state index in [9.17, 15) is 14.7 Å². The fourth-order valence-corrected chi connectivity index (χ4v) is 2.20. The minimum atomic E-state index is -3.13. The van der Waals surface area contributed by atoms with E-state index in [1.54, 1.807) is 0 Å². The molecular formula is C8H9ClNO4P. The van der Waals surface area contributed by atoms with E-state index in [4.69, 9.17) is 11.2 Å². The van der Waals surface area contributed by atoms with Gasteiger partial charge in [0.05, 0.1) is 11.1 Å². The minimum absolute atomic E-state index is 0.0134. The van der Waals surface area contributed by atoms with Gasteiger partial charge in [0.15, 0.2) is 0 Å². The van der Waals surface area contributed by atoms with Crippen LogP contribution in [0.3, 0.4) is 0 Å². The highest BCUT2D eigenvalue weighted by Gasteiger charge is 2.18. The van der Waals surface area contributed by atoms with Crippen LogP contribution in [-0.4, -0.2) is 12.0 Å². The summed E-state index contributed by atoms with van der Waals surface area (Å²) in [7, 11) is 1.26. The smallest absolute Gasteiger partial charge is 0.294 e. The van der Waals surface area contributed by atoms with Crippen LogP contribution < -0.4 is 0 Å². The molecule has 0 spiro atoms. The molecule has 0 bridgehead atoms. The van der Waals surface area contributed by atoms with E-state index in [1.807, 2.05) is 0 Å². The molecule has 1 atom stereocenters. The second kappa shape index (κ2) is 4.75. The molecular weight excluding hydrogens is 241 g/mol. The van der Waals surface area contributed by atoms with Crippen molar-refractivity contribution >= 4 is 23.6 Å². The van der Waals surface area contributed by atoms with E-state index in [-0.39, 0.29) is 11.8 Å². The van der Waals surface area contributed by atoms with Gasteiger partial charge in [-0.15, -0.1) is 0 Å². The third-order valence-electron chi connectivity index (χ3n) is 1.79. The second-order valence-electron chi connectivity index (χ2n) is 2.85. The van der Waals surface area contributed by atoms with Crippen molar-refractivity contribution in [1.29, 1.82) is 0 Å². The Balaban J connectivity index is 2.82. The van der Waals surface area contributed by atoms with E-state index >= 15 is 0 Å². The van der Waals surface area contributed by atoms with Crippen molar-refractivity contribution in [2.45, 2.75) is 6.16 Å². The highest BCUT2D eigenvalue weighted by atomic mass is 35.7. The van der Waals surface area contributed by atoms with Crippen LogP contribution in [0, 0.1) is 10.1 Å². The summed E-state index contributed by atoms with van der Waals surface area (Å²) in [4.78, 5) is 9.85. The summed E-state index contributed by atoms with van der Waals surface area (Å²) in [6.45, 7) is -3.13. The molecule has 0 amide bonds. The molecule has 0 aliphatic heterocycles. The van der Waals surface area contributed by atoms with Crippen molar-refractivity contribution in [2.75, 3.05) is 7.11 Å². The molecule has 0 fully saturated rings. The van der Waals surface area contributed by atoms with Gasteiger partial charge in [-0.1, -0.05) is 12.1 Å². The number of halogens is 1. The third kappa shape index (κ3) is 3.63. The Hall–Kier alpha value is -0.900. The standard InChI is InChI=1S/C8H9ClNO4P/c1-14-15(9,13)6-7-2-4-8(5-3-7)10(11)12/h2-5H,6H2,1H3. The van der Waals surface area contributed by atoms with Crippen LogP contribution in [0.15, 0.2) is 24.3 Å². The SMILES string of the molecule is COP(=O)(Cl)Cc1ccc([N+](=O)[O-])cc1. The molecule has 1 rings (SSSR count). The maximum Gasteiger partial charge on any atom is 0.294 e. The van der Waals surface area contributed by atoms with Gasteiger partial charge in [0.25, 0.3) is 12.4 Å². The zero-order valence-corrected chi connectivity index (χ0v) is 9.57. The Morgan fingerprint density at radius 2 is 2.00 bits per heavy atom. The van der Waals surface area contributed by atoms with Gasteiger partial charge in [-0.3, -0.25) is 14.7 Å². The predicted octanol–water partition coefficient (Wildman–Crippen LogP) is 3.17. The minimum Gasteiger partial charge on any atom is -0.321 e. The van der Waals surface area contributed by atoms with E-state index in [2.05, 4.69) is 4.52 Å². The topological polar surface area (TPSA) is 69.4 Å². The first-order chi connectivity index (χ1) is 6.94. The highest BCUT2D eigenvalue weighted by Crippen LogP contribution is 2.54. The van der Waals surface area contributed by atoms with Gasteiger partial charge in [-0.25, -0.2) is 0 Å². The summed E-state index contributed by atoms with van der Waals surface area (Å²) < 4.78 is 16.0. The maximum atomic E-state index is 11.4. The van der Waals surface area contributed by atoms with Gasteiger partial charge < -0.3 is 4.52 Å². The lowest BCUT2D eigenvalue weighted by molar-refractivity contribution is -0.384. The number of hydrogen-bond acceptors (Lipinski definition) is 4. The van der Waals surface area contributed by atoms with Crippen molar-refractivity contribution in [2.24, 2.45) is 0 Å². The zero-order chi connectivity index (χ0) is 11.5. The Labute approximate surface area is 91.4 Å². The van der Waals surface area contributed by atoms with Crippen LogP contribution in [0.2, 0.25) is 0 Å². The van der Waals surface area contributed by atoms with Gasteiger partial charge in [-0.2, -0.15) is 0 Å². The van der Waals surface area contributed by atoms with Gasteiger partial charge in [0.1, 0.15) is 0 Å². The third-order valence-corrected chi connectivity index (χ3v) is 3.85. The first-order valence-corrected chi connectivity index (χ1v) is 6.74. The molecule has 0 saturated heterocycles. The highest BCUT2D eigenvalue weighted by molar-refractivity contribution is 7.84. The van der Waals surface area contributed by atoms with Crippen LogP contribution >= 0.6 is 18.0 Å². The monoisotopic (exact) mass is 249 g/mol. The van der Waals surface area contributed by atoms with Gasteiger partial charge >= 0.3 is 0 Å². The summed E-state index contributed by atoms with van der Waals surface area (Å²) in [5.74, 6) is 0. The van der Waals surface area contributed by atoms with Gasteiger partial charge in [0, 0.05) is 19.2 Å². The van der Waals surface area contributed by atoms with Crippen LogP contribution in [0.5, 0.6) is 0 Å². The van der Waals surface area contributed by atoms with Crippen LogP contribution in [0.25, 0.3) is 0 Å². The van der Waals surface area contributed by atoms with Crippen molar-refractivity contribution in [3.05, 3.63) is 39.9 Å². The Kier molecular flexibility index (Phi) is 3.85. The van der Waals surface area contributed by atoms with Gasteiger partial charge in [-0.05, 0) is 16.8 Å². The average molecular weight is 250 g/mol. The molecule has 5 nitrogen and oxygen atoms in total. The summed E-state index contributed by atoms with van der Waals surface area (Å²) in [5, 5.41) is 10.4. The number of hydrogen-bond donors (Lipinski definition) is 0. The van der Waals surface area contributed by atoms with Crippen molar-refractivity contribution in [1.82, 2.24) is 0 Å². The molecule has 1 unspecified atom stereocenters. The van der Waals surface area contributed by atoms with Crippen molar-refractivity contribution in [3.63, 3.8) is 0 Å². The molecule has 15 heavy (non-hydrogen) atoms. The van der Waals surface area contributed by atoms with E-state index in [0.29, 0.717) is 5.56 Å². The van der Waals surface area contributed by atoms with Crippen LogP contribution in [0.1, 0.15) is 5.56 Å². The Morgan fingerprint density at radius 3 is 2.40 bits per heavy atom. The molecule has 0 N–H and O–H groups in total. The fourth-order valence-electron chi connectivity index (χ4n) is 1.01. The van der Waals surface area contributed by atoms with E-state index < -0.39 is 11.6 Å². The van der Waals surface area contributed by atoms with Crippen LogP contribution in [0.4, 0.5) is 5.69 Å². The van der Waals surface area contributed by atoms with E-state index in [0.717, 1.165) is 0 Å². The number of non-ortho nitro benzene ring substituents is 1. The number of benzene rings is 1. The van der Waals surface area contributed by atoms with Crippen molar-refractivity contribution in [3.8, 4) is 0 Å². The number of nitro benzene ring substituents is 1. The molecule has 82 valence electrons. The molecule has 0 saturated carbocycles. The summed E-state index contributed by atoms with van der Waals surface area (Å²) in [6.07, 6.45) is 0.0586. The molecule has 1 aromatic rings. The van der Waals surface area contributed by atoms with Crippen LogP contribution in [-0.2, 0) is 15.3 Å². The zero-order valence-electron chi connectivity index (χ0n) is 7.92. The lowest BCUT2D eigenvalue weighted by atomic mass is 10.2. The molecule has 1 aromatic carbocycles. The number of nitro groups is 1. The molecule has 0 radical (unpaired) electrons. The molecule has 0 aliphatic carbocycles. The largest absolute Gasteiger partial charge is 0.321 e. The van der Waals surface area contributed by atoms with Crippen molar-refractivity contribution < 1.29 is 14.0 Å². The molecule has 0 heterocycles. The lowest BCUT2D eigenvalue weighted by Gasteiger charge is -2.07. The molecule has 0 aromatic heterocycles. The Bertz CT molecular complexity index is 406. The number of rotatable bonds is 4. The summed E-state index contributed by atoms with van der Waals surface area (Å²) in [6, 6.07) is 5.68. The molecule has 0 aliphatic rings. The summed E-state index contributed by atoms with van der Waals surface area (Å²) in [5.41, 5.74) is 0.626. The first-order valence-electron chi connectivity index (χ1n) is 4.02. The number of nitrogens with zero attached hydrogens (tertiary/aromatic N) is 1. The lowest BCUT2D eigenvalue weighted by Crippen LogP contribution is -1.89. The maximum absolute atomic E-state index is 11.4. The quantitative estimate of drug-likeness (QED) is 0.467. The first kappa shape index (κ1) is 12.2. The van der Waals surface area contributed by atoms with Gasteiger partial charge in [0.2, 0.25) is 0 Å². The normalized spacial score (nSPS) is 14.5. The fraction of sp³-hybridized carbons (Fsp3) is 0.250. The van der Waals surface area contributed by atoms with E-state index in [1.165, 1.54) is 31.4 Å². The average Bonchev–Trinajstić information content (AvgIpc) is 2.18. The Morgan fingerprint density at radius 1 is 1.47 bits per heavy atom. The predicted molar refractivity (Wildman–Crippen MR) is 57.3 cm³/mol. The summed E-state index contributed by atoms with van der Waals surface area (Å²) >= 11 is 5.56.